The summed E-state index contributed by atoms with van der Waals surface area (Å²) in [6, 6.07) is 5.62. The zero-order chi connectivity index (χ0) is 42.7. The topological polar surface area (TPSA) is 151 Å². The van der Waals surface area contributed by atoms with Gasteiger partial charge in [0.25, 0.3) is 0 Å². The number of nitrogens with zero attached hydrogens (tertiary/aromatic N) is 1. The number of ketones is 1. The molecule has 61 heavy (non-hydrogen) atoms. The number of fused-ring (bicyclic) bond motifs is 1. The molecule has 0 radical (unpaired) electrons. The first-order valence-electron chi connectivity index (χ1n) is 23.8. The number of carbonyl (C=O) groups is 2. The summed E-state index contributed by atoms with van der Waals surface area (Å²) in [4.78, 5) is 32.3. The van der Waals surface area contributed by atoms with Crippen LogP contribution in [0.2, 0.25) is 0 Å². The predicted octanol–water partition coefficient (Wildman–Crippen LogP) is 7.55. The summed E-state index contributed by atoms with van der Waals surface area (Å²) < 4.78 is 6.53. The standard InChI is InChI=1S/C50H67NO8S2/c1-28(2)29(3)41-42(59-41)49(57)14-7-9-31-24-46-15-11-35-40(55)36(53)25-47(44(35,46)4)27-61-60-26-32-8-5-6-13-45(32)18-19-51(43(45)56)33-20-30(21-34(52)22-33)10-16-48(31)37(49)12-17-50(48,58)38(46)23-39(47)54/h7,9,20-23,28-29,31-32,35-37,40-42,52-53,55,57-58H,5-6,8,10-19,24-27H2,1-4H3/t29-,31-,32-,35+,36-,37+,40+,41+,42-,44-,45+,46+,47-,48-,49-,50-/m1/s1. The van der Waals surface area contributed by atoms with Crippen molar-refractivity contribution < 1.29 is 39.9 Å². The summed E-state index contributed by atoms with van der Waals surface area (Å²) in [5.74, 6) is 1.49. The van der Waals surface area contributed by atoms with Crippen LogP contribution in [0.15, 0.2) is 42.0 Å². The van der Waals surface area contributed by atoms with E-state index in [2.05, 4.69) is 45.9 Å². The molecule has 7 aliphatic carbocycles. The van der Waals surface area contributed by atoms with Gasteiger partial charge in [-0.3, -0.25) is 9.59 Å². The molecule has 16 atom stereocenters. The highest BCUT2D eigenvalue weighted by molar-refractivity contribution is 8.76. The zero-order valence-corrected chi connectivity index (χ0v) is 38.1. The Morgan fingerprint density at radius 3 is 2.54 bits per heavy atom. The van der Waals surface area contributed by atoms with E-state index in [0.717, 1.165) is 54.7 Å². The summed E-state index contributed by atoms with van der Waals surface area (Å²) >= 11 is 0. The number of amides is 1. The van der Waals surface area contributed by atoms with E-state index >= 15 is 4.79 Å². The molecule has 0 aromatic heterocycles. The molecule has 12 aliphatic rings. The highest BCUT2D eigenvalue weighted by Crippen LogP contribution is 2.83. The van der Waals surface area contributed by atoms with Crippen molar-refractivity contribution in [3.8, 4) is 5.75 Å². The summed E-state index contributed by atoms with van der Waals surface area (Å²) in [6.45, 7) is 9.45. The fourth-order valence-electron chi connectivity index (χ4n) is 17.1. The number of benzene rings is 1. The van der Waals surface area contributed by atoms with Crippen molar-refractivity contribution in [1.82, 2.24) is 0 Å². The number of aliphatic hydroxyl groups excluding tert-OH is 2. The Kier molecular flexibility index (Phi) is 9.48. The van der Waals surface area contributed by atoms with E-state index in [0.29, 0.717) is 69.6 Å². The van der Waals surface area contributed by atoms with Gasteiger partial charge in [-0.2, -0.15) is 0 Å². The molecular weight excluding hydrogens is 807 g/mol. The molecule has 1 amide bonds. The van der Waals surface area contributed by atoms with Crippen LogP contribution in [-0.2, 0) is 20.7 Å². The number of ether oxygens (including phenoxy) is 1. The first-order chi connectivity index (χ1) is 29.0. The summed E-state index contributed by atoms with van der Waals surface area (Å²) in [6.07, 6.45) is 13.2. The minimum atomic E-state index is -1.45. The van der Waals surface area contributed by atoms with E-state index in [4.69, 9.17) is 4.74 Å². The number of aryl methyl sites for hydroxylation is 1. The maximum atomic E-state index is 15.6. The van der Waals surface area contributed by atoms with E-state index < -0.39 is 50.5 Å². The Bertz CT molecular complexity index is 2090. The van der Waals surface area contributed by atoms with Crippen molar-refractivity contribution in [1.29, 1.82) is 0 Å². The Labute approximate surface area is 369 Å². The largest absolute Gasteiger partial charge is 0.508 e. The van der Waals surface area contributed by atoms with Crippen LogP contribution in [0.3, 0.4) is 0 Å². The second kappa shape index (κ2) is 13.8. The number of phenolic OH excluding ortho intramolecular Hbond substituents is 1. The minimum Gasteiger partial charge on any atom is -0.508 e. The van der Waals surface area contributed by atoms with E-state index in [9.17, 15) is 30.3 Å². The monoisotopic (exact) mass is 873 g/mol. The average Bonchev–Trinajstić information content (AvgIpc) is 3.81. The summed E-state index contributed by atoms with van der Waals surface area (Å²) in [5, 5.41) is 62.6. The van der Waals surface area contributed by atoms with Gasteiger partial charge in [-0.15, -0.1) is 0 Å². The van der Waals surface area contributed by atoms with Crippen LogP contribution in [-0.4, -0.2) is 90.9 Å². The Hall–Kier alpha value is -1.86. The normalized spacial score (nSPS) is 50.3. The quantitative estimate of drug-likeness (QED) is 0.117. The van der Waals surface area contributed by atoms with Gasteiger partial charge in [0.15, 0.2) is 5.78 Å². The maximum Gasteiger partial charge on any atom is 0.233 e. The molecule has 9 nitrogen and oxygen atoms in total. The molecule has 11 heteroatoms. The van der Waals surface area contributed by atoms with Crippen molar-refractivity contribution in [2.24, 2.45) is 62.6 Å². The Morgan fingerprint density at radius 1 is 0.918 bits per heavy atom. The number of aliphatic hydroxyl groups is 4. The highest BCUT2D eigenvalue weighted by atomic mass is 33.1. The van der Waals surface area contributed by atoms with Gasteiger partial charge in [-0.1, -0.05) is 74.3 Å². The number of carbonyl (C=O) groups excluding carboxylic acids is 2. The Balaban J connectivity index is 1.10. The van der Waals surface area contributed by atoms with Crippen molar-refractivity contribution in [3.05, 3.63) is 47.6 Å². The lowest BCUT2D eigenvalue weighted by atomic mass is 9.34. The lowest BCUT2D eigenvalue weighted by molar-refractivity contribution is -0.222. The molecule has 5 N–H and O–H groups in total. The van der Waals surface area contributed by atoms with Crippen LogP contribution in [0, 0.1) is 62.6 Å². The number of phenols is 1. The molecule has 4 spiro atoms. The molecular formula is C50H67NO8S2. The number of aromatic hydroxyl groups is 1. The van der Waals surface area contributed by atoms with Gasteiger partial charge < -0.3 is 35.2 Å². The van der Waals surface area contributed by atoms with Crippen molar-refractivity contribution in [2.45, 2.75) is 153 Å². The number of rotatable bonds is 3. The van der Waals surface area contributed by atoms with Gasteiger partial charge in [-0.25, -0.2) is 0 Å². The Morgan fingerprint density at radius 2 is 1.74 bits per heavy atom. The van der Waals surface area contributed by atoms with Crippen LogP contribution >= 0.6 is 21.6 Å². The predicted molar refractivity (Wildman–Crippen MR) is 238 cm³/mol. The minimum absolute atomic E-state index is 0.0425. The first kappa shape index (κ1) is 41.8. The van der Waals surface area contributed by atoms with Gasteiger partial charge in [0.1, 0.15) is 17.5 Å². The van der Waals surface area contributed by atoms with E-state index in [1.54, 1.807) is 33.7 Å². The molecule has 2 saturated heterocycles. The average molecular weight is 874 g/mol. The third-order valence-corrected chi connectivity index (χ3v) is 23.1. The van der Waals surface area contributed by atoms with E-state index in [1.165, 1.54) is 0 Å². The maximum absolute atomic E-state index is 15.6. The third-order valence-electron chi connectivity index (χ3n) is 20.5. The van der Waals surface area contributed by atoms with Crippen LogP contribution in [0.5, 0.6) is 5.75 Å². The number of epoxide rings is 1. The van der Waals surface area contributed by atoms with Crippen molar-refractivity contribution >= 4 is 39.0 Å². The van der Waals surface area contributed by atoms with Crippen LogP contribution in [0.4, 0.5) is 5.69 Å². The number of hydrogen-bond donors (Lipinski definition) is 5. The smallest absolute Gasteiger partial charge is 0.233 e. The zero-order valence-electron chi connectivity index (χ0n) is 36.5. The van der Waals surface area contributed by atoms with Gasteiger partial charge in [0.2, 0.25) is 5.91 Å². The van der Waals surface area contributed by atoms with Gasteiger partial charge in [0, 0.05) is 46.6 Å². The lowest BCUT2D eigenvalue weighted by Gasteiger charge is -2.70. The van der Waals surface area contributed by atoms with Crippen LogP contribution in [0.25, 0.3) is 0 Å². The molecule has 8 bridgehead atoms. The first-order valence-corrected chi connectivity index (χ1v) is 26.3. The third kappa shape index (κ3) is 5.18. The second-order valence-corrected chi connectivity index (χ2v) is 25.0. The highest BCUT2D eigenvalue weighted by Gasteiger charge is 2.83. The molecule has 7 fully saturated rings. The molecule has 5 heterocycles. The lowest BCUT2D eigenvalue weighted by Crippen LogP contribution is -2.73. The fraction of sp³-hybridized carbons (Fsp3) is 0.760. The number of anilines is 1. The molecule has 5 saturated carbocycles. The fourth-order valence-corrected chi connectivity index (χ4v) is 20.3. The summed E-state index contributed by atoms with van der Waals surface area (Å²) in [7, 11) is 3.47. The summed E-state index contributed by atoms with van der Waals surface area (Å²) in [5.41, 5.74) is -3.92. The molecule has 5 aliphatic heterocycles. The molecule has 0 unspecified atom stereocenters. The van der Waals surface area contributed by atoms with Crippen molar-refractivity contribution in [3.63, 3.8) is 0 Å². The van der Waals surface area contributed by atoms with E-state index in [1.807, 2.05) is 11.0 Å². The van der Waals surface area contributed by atoms with E-state index in [-0.39, 0.29) is 65.7 Å². The molecule has 332 valence electrons. The second-order valence-electron chi connectivity index (χ2n) is 22.5. The van der Waals surface area contributed by atoms with Gasteiger partial charge in [0.05, 0.1) is 34.7 Å². The molecule has 1 aromatic carbocycles. The molecule has 13 rings (SSSR count). The van der Waals surface area contributed by atoms with Gasteiger partial charge >= 0.3 is 0 Å². The van der Waals surface area contributed by atoms with Crippen molar-refractivity contribution in [2.75, 3.05) is 23.0 Å². The van der Waals surface area contributed by atoms with Gasteiger partial charge in [-0.05, 0) is 141 Å². The SMILES string of the molecule is CC(C)[C@@H](C)[C@@H]1O[C@H]1[C@@]1(O)CC=C[C@@H]2C[C@@]34CC[C@H]5[C@H](O)[C@H](O)C[C@]6(CSSC[C@H]7CCCC[C@]78CCN(C8=O)c7cc(O)cc(c7)CC[C@]27[C@@H]1CC[C@@]7(O)C3=CC6=O)[C@]54C. The number of hydrogen-bond acceptors (Lipinski definition) is 10. The number of allylic oxidation sites excluding steroid dienone is 2. The molecule has 1 aromatic rings. The van der Waals surface area contributed by atoms with Crippen LogP contribution < -0.4 is 4.90 Å². The van der Waals surface area contributed by atoms with Crippen LogP contribution in [0.1, 0.15) is 117 Å².